The number of phenolic OH excluding ortho intramolecular Hbond substituents is 1. The largest absolute Gasteiger partial charge is 0.508 e. The maximum Gasteiger partial charge on any atom is 0.119 e. The van der Waals surface area contributed by atoms with E-state index in [4.69, 9.17) is 4.74 Å². The van der Waals surface area contributed by atoms with E-state index in [-0.39, 0.29) is 5.16 Å². The number of ether oxygens (including phenoxy) is 1. The molecule has 0 aromatic heterocycles. The quantitative estimate of drug-likeness (QED) is 0.699. The molecule has 136 valence electrons. The summed E-state index contributed by atoms with van der Waals surface area (Å²) in [5.41, 5.74) is 3.05. The number of aliphatic hydroxyl groups excluding tert-OH is 1. The van der Waals surface area contributed by atoms with E-state index < -0.39 is 6.10 Å². The molecular weight excluding hydrogens is 331 g/mol. The van der Waals surface area contributed by atoms with Crippen molar-refractivity contribution in [1.82, 2.24) is 0 Å². The molecule has 0 aliphatic heterocycles. The van der Waals surface area contributed by atoms with Crippen molar-refractivity contribution in [2.75, 3.05) is 7.11 Å². The van der Waals surface area contributed by atoms with E-state index in [1.165, 1.54) is 0 Å². The Kier molecular flexibility index (Phi) is 6.48. The Balaban J connectivity index is 2.56. The topological polar surface area (TPSA) is 49.7 Å². The van der Waals surface area contributed by atoms with Gasteiger partial charge >= 0.3 is 0 Å². The Morgan fingerprint density at radius 3 is 2.36 bits per heavy atom. The summed E-state index contributed by atoms with van der Waals surface area (Å²) in [5.74, 6) is 1.06. The fourth-order valence-electron chi connectivity index (χ4n) is 3.30. The maximum atomic E-state index is 10.5. The van der Waals surface area contributed by atoms with E-state index in [1.807, 2.05) is 19.9 Å². The SMILES string of the molecule is CCC(CC)(Pc1ccc(C)cc1C(C)O)c1cc(OC)ccc1O. The number of aromatic hydroxyl groups is 1. The minimum atomic E-state index is -0.507. The Morgan fingerprint density at radius 2 is 1.80 bits per heavy atom. The first-order chi connectivity index (χ1) is 11.9. The molecule has 0 radical (unpaired) electrons. The standard InChI is InChI=1S/C21H29O3P/c1-6-21(7-2,18-13-16(24-5)9-10-19(18)23)25-20-11-8-14(3)12-17(20)15(4)22/h8-13,15,22-23,25H,6-7H2,1-5H3. The predicted octanol–water partition coefficient (Wildman–Crippen LogP) is 4.78. The highest BCUT2D eigenvalue weighted by molar-refractivity contribution is 7.48. The van der Waals surface area contributed by atoms with Crippen molar-refractivity contribution in [2.45, 2.75) is 51.8 Å². The van der Waals surface area contributed by atoms with Gasteiger partial charge < -0.3 is 14.9 Å². The van der Waals surface area contributed by atoms with Gasteiger partial charge in [0.1, 0.15) is 11.5 Å². The summed E-state index contributed by atoms with van der Waals surface area (Å²) in [5, 5.41) is 21.7. The molecule has 0 aliphatic rings. The minimum absolute atomic E-state index is 0.183. The number of aryl methyl sites for hydroxylation is 1. The lowest BCUT2D eigenvalue weighted by Gasteiger charge is -2.34. The van der Waals surface area contributed by atoms with Crippen LogP contribution in [0.4, 0.5) is 0 Å². The average Bonchev–Trinajstić information content (AvgIpc) is 2.61. The van der Waals surface area contributed by atoms with Crippen molar-refractivity contribution in [2.24, 2.45) is 0 Å². The third-order valence-corrected chi connectivity index (χ3v) is 7.14. The van der Waals surface area contributed by atoms with E-state index in [0.29, 0.717) is 14.3 Å². The molecule has 2 unspecified atom stereocenters. The third kappa shape index (κ3) is 4.16. The van der Waals surface area contributed by atoms with Crippen LogP contribution < -0.4 is 10.0 Å². The third-order valence-electron chi connectivity index (χ3n) is 4.96. The highest BCUT2D eigenvalue weighted by atomic mass is 31.1. The second kappa shape index (κ2) is 8.21. The van der Waals surface area contributed by atoms with Crippen LogP contribution in [0.5, 0.6) is 11.5 Å². The summed E-state index contributed by atoms with van der Waals surface area (Å²) in [6.07, 6.45) is 1.29. The summed E-state index contributed by atoms with van der Waals surface area (Å²) >= 11 is 0. The number of hydrogen-bond acceptors (Lipinski definition) is 3. The molecular formula is C21H29O3P. The second-order valence-corrected chi connectivity index (χ2v) is 8.31. The van der Waals surface area contributed by atoms with E-state index in [2.05, 4.69) is 32.0 Å². The van der Waals surface area contributed by atoms with Gasteiger partial charge in [0.25, 0.3) is 0 Å². The average molecular weight is 360 g/mol. The van der Waals surface area contributed by atoms with E-state index in [1.54, 1.807) is 19.2 Å². The number of benzene rings is 2. The van der Waals surface area contributed by atoms with Crippen molar-refractivity contribution in [3.05, 3.63) is 53.1 Å². The molecule has 2 aromatic rings. The fraction of sp³-hybridized carbons (Fsp3) is 0.429. The van der Waals surface area contributed by atoms with Crippen LogP contribution in [0.3, 0.4) is 0 Å². The van der Waals surface area contributed by atoms with E-state index >= 15 is 0 Å². The molecule has 0 amide bonds. The Hall–Kier alpha value is -1.57. The molecule has 4 heteroatoms. The van der Waals surface area contributed by atoms with Crippen molar-refractivity contribution >= 4 is 13.9 Å². The number of rotatable bonds is 7. The Labute approximate surface area is 152 Å². The molecule has 2 atom stereocenters. The van der Waals surface area contributed by atoms with Crippen LogP contribution in [0, 0.1) is 6.92 Å². The van der Waals surface area contributed by atoms with E-state index in [0.717, 1.165) is 40.6 Å². The van der Waals surface area contributed by atoms with Gasteiger partial charge in [-0.05, 0) is 55.8 Å². The molecule has 0 saturated carbocycles. The first-order valence-electron chi connectivity index (χ1n) is 8.81. The lowest BCUT2D eigenvalue weighted by molar-refractivity contribution is 0.200. The highest BCUT2D eigenvalue weighted by Gasteiger charge is 2.33. The van der Waals surface area contributed by atoms with Gasteiger partial charge in [0.2, 0.25) is 0 Å². The smallest absolute Gasteiger partial charge is 0.119 e. The number of phenols is 1. The molecule has 3 nitrogen and oxygen atoms in total. The molecule has 0 saturated heterocycles. The van der Waals surface area contributed by atoms with Gasteiger partial charge in [0, 0.05) is 10.7 Å². The maximum absolute atomic E-state index is 10.5. The van der Waals surface area contributed by atoms with Gasteiger partial charge in [-0.25, -0.2) is 0 Å². The summed E-state index contributed by atoms with van der Waals surface area (Å²) in [7, 11) is 2.09. The van der Waals surface area contributed by atoms with Gasteiger partial charge in [-0.1, -0.05) is 46.2 Å². The number of aliphatic hydroxyl groups is 1. The minimum Gasteiger partial charge on any atom is -0.508 e. The van der Waals surface area contributed by atoms with Crippen LogP contribution in [0.15, 0.2) is 36.4 Å². The van der Waals surface area contributed by atoms with Crippen molar-refractivity contribution in [3.8, 4) is 11.5 Å². The van der Waals surface area contributed by atoms with Gasteiger partial charge in [-0.2, -0.15) is 0 Å². The summed E-state index contributed by atoms with van der Waals surface area (Å²) in [6.45, 7) is 8.17. The molecule has 25 heavy (non-hydrogen) atoms. The highest BCUT2D eigenvalue weighted by Crippen LogP contribution is 2.51. The number of hydrogen-bond donors (Lipinski definition) is 2. The number of methoxy groups -OCH3 is 1. The molecule has 0 fully saturated rings. The van der Waals surface area contributed by atoms with Crippen LogP contribution >= 0.6 is 8.58 Å². The molecule has 2 aromatic carbocycles. The first-order valence-corrected chi connectivity index (χ1v) is 9.81. The second-order valence-electron chi connectivity index (χ2n) is 6.56. The lowest BCUT2D eigenvalue weighted by atomic mass is 9.91. The van der Waals surface area contributed by atoms with Crippen molar-refractivity contribution in [3.63, 3.8) is 0 Å². The van der Waals surface area contributed by atoms with Crippen LogP contribution in [-0.2, 0) is 5.16 Å². The van der Waals surface area contributed by atoms with Gasteiger partial charge in [-0.15, -0.1) is 0 Å². The van der Waals surface area contributed by atoms with Crippen LogP contribution in [0.1, 0.15) is 56.4 Å². The first kappa shape index (κ1) is 19.8. The van der Waals surface area contributed by atoms with Gasteiger partial charge in [0.05, 0.1) is 13.2 Å². The normalized spacial score (nSPS) is 13.4. The lowest BCUT2D eigenvalue weighted by Crippen LogP contribution is -2.24. The van der Waals surface area contributed by atoms with Gasteiger partial charge in [-0.3, -0.25) is 0 Å². The van der Waals surface area contributed by atoms with Crippen molar-refractivity contribution in [1.29, 1.82) is 0 Å². The molecule has 0 heterocycles. The molecule has 0 bridgehead atoms. The predicted molar refractivity (Wildman–Crippen MR) is 107 cm³/mol. The van der Waals surface area contributed by atoms with Gasteiger partial charge in [0.15, 0.2) is 0 Å². The molecule has 2 N–H and O–H groups in total. The summed E-state index contributed by atoms with van der Waals surface area (Å²) < 4.78 is 5.37. The van der Waals surface area contributed by atoms with E-state index in [9.17, 15) is 10.2 Å². The Bertz CT molecular complexity index is 721. The summed E-state index contributed by atoms with van der Waals surface area (Å²) in [6, 6.07) is 11.7. The summed E-state index contributed by atoms with van der Waals surface area (Å²) in [4.78, 5) is 0. The zero-order valence-corrected chi connectivity index (χ0v) is 16.8. The molecule has 2 rings (SSSR count). The van der Waals surface area contributed by atoms with Crippen molar-refractivity contribution < 1.29 is 14.9 Å². The van der Waals surface area contributed by atoms with Crippen LogP contribution in [0.25, 0.3) is 0 Å². The zero-order valence-electron chi connectivity index (χ0n) is 15.8. The molecule has 0 spiro atoms. The fourth-order valence-corrected chi connectivity index (χ4v) is 5.10. The molecule has 0 aliphatic carbocycles. The van der Waals surface area contributed by atoms with Crippen LogP contribution in [-0.4, -0.2) is 17.3 Å². The Morgan fingerprint density at radius 1 is 1.12 bits per heavy atom. The monoisotopic (exact) mass is 360 g/mol. The zero-order chi connectivity index (χ0) is 18.6. The van der Waals surface area contributed by atoms with Crippen LogP contribution in [0.2, 0.25) is 0 Å².